The van der Waals surface area contributed by atoms with Gasteiger partial charge in [-0.2, -0.15) is 9.30 Å². The fraction of sp³-hybridized carbons (Fsp3) is 0.304. The van der Waals surface area contributed by atoms with Crippen LogP contribution in [-0.2, 0) is 16.6 Å². The second kappa shape index (κ2) is 11.0. The molecule has 0 aliphatic carbocycles. The Kier molecular flexibility index (Phi) is 8.53. The average Bonchev–Trinajstić information content (AvgIpc) is 3.11. The lowest BCUT2D eigenvalue weighted by molar-refractivity contribution is 0.0997. The van der Waals surface area contributed by atoms with E-state index in [0.29, 0.717) is 34.5 Å². The summed E-state index contributed by atoms with van der Waals surface area (Å²) in [5, 5.41) is 0.955. The van der Waals surface area contributed by atoms with Gasteiger partial charge >= 0.3 is 0 Å². The fourth-order valence-corrected chi connectivity index (χ4v) is 6.67. The maximum atomic E-state index is 12.9. The van der Waals surface area contributed by atoms with Crippen LogP contribution in [0.5, 0.6) is 0 Å². The molecule has 0 unspecified atom stereocenters. The number of nitrogens with zero attached hydrogens (tertiary/aromatic N) is 3. The molecule has 0 saturated heterocycles. The van der Waals surface area contributed by atoms with Crippen molar-refractivity contribution < 1.29 is 13.2 Å². The van der Waals surface area contributed by atoms with Crippen molar-refractivity contribution >= 4 is 60.7 Å². The number of aromatic nitrogens is 1. The van der Waals surface area contributed by atoms with Gasteiger partial charge in [-0.3, -0.25) is 4.79 Å². The molecular weight excluding hydrogens is 501 g/mol. The normalized spacial score (nSPS) is 12.6. The Morgan fingerprint density at radius 3 is 2.52 bits per heavy atom. The molecule has 33 heavy (non-hydrogen) atoms. The molecule has 10 heteroatoms. The molecule has 0 saturated carbocycles. The van der Waals surface area contributed by atoms with Gasteiger partial charge < -0.3 is 4.57 Å². The Morgan fingerprint density at radius 1 is 1.21 bits per heavy atom. The van der Waals surface area contributed by atoms with Crippen molar-refractivity contribution in [3.8, 4) is 0 Å². The summed E-state index contributed by atoms with van der Waals surface area (Å²) in [5.74, 6) is -0.483. The molecule has 3 aromatic rings. The summed E-state index contributed by atoms with van der Waals surface area (Å²) in [6.07, 6.45) is 3.39. The van der Waals surface area contributed by atoms with Crippen LogP contribution in [0.15, 0.2) is 58.9 Å². The zero-order valence-electron chi connectivity index (χ0n) is 18.4. The van der Waals surface area contributed by atoms with Crippen LogP contribution in [-0.4, -0.2) is 36.3 Å². The van der Waals surface area contributed by atoms with Crippen molar-refractivity contribution in [2.45, 2.75) is 38.1 Å². The number of allylic oxidation sites excluding steroid dienone is 1. The number of halogens is 2. The van der Waals surface area contributed by atoms with Crippen molar-refractivity contribution in [1.29, 1.82) is 0 Å². The minimum Gasteiger partial charge on any atom is -0.311 e. The first-order valence-electron chi connectivity index (χ1n) is 10.5. The quantitative estimate of drug-likeness (QED) is 0.334. The van der Waals surface area contributed by atoms with Crippen LogP contribution in [0.25, 0.3) is 10.2 Å². The fourth-order valence-electron chi connectivity index (χ4n) is 3.37. The van der Waals surface area contributed by atoms with Crippen molar-refractivity contribution in [1.82, 2.24) is 8.87 Å². The summed E-state index contributed by atoms with van der Waals surface area (Å²) >= 11 is 13.8. The van der Waals surface area contributed by atoms with Gasteiger partial charge in [0.2, 0.25) is 10.0 Å². The number of fused-ring (bicyclic) bond motifs is 1. The SMILES string of the molecule is C=CCn1c(=NC(=O)c2ccc(S(=O)(=O)N(CC)CCCC)cc2)sc2cc(Cl)cc(Cl)c21. The molecule has 1 amide bonds. The molecule has 6 nitrogen and oxygen atoms in total. The van der Waals surface area contributed by atoms with Gasteiger partial charge in [0.15, 0.2) is 4.80 Å². The maximum Gasteiger partial charge on any atom is 0.279 e. The Balaban J connectivity index is 1.97. The van der Waals surface area contributed by atoms with Crippen molar-refractivity contribution in [2.75, 3.05) is 13.1 Å². The van der Waals surface area contributed by atoms with Gasteiger partial charge in [0, 0.05) is 30.2 Å². The van der Waals surface area contributed by atoms with E-state index in [1.165, 1.54) is 39.9 Å². The molecule has 1 heterocycles. The largest absolute Gasteiger partial charge is 0.311 e. The van der Waals surface area contributed by atoms with Gasteiger partial charge in [0.25, 0.3) is 5.91 Å². The first kappa shape index (κ1) is 25.6. The Hall–Kier alpha value is -1.97. The number of carbonyl (C=O) groups is 1. The lowest BCUT2D eigenvalue weighted by Crippen LogP contribution is -2.31. The predicted molar refractivity (Wildman–Crippen MR) is 136 cm³/mol. The van der Waals surface area contributed by atoms with E-state index in [-0.39, 0.29) is 10.5 Å². The van der Waals surface area contributed by atoms with E-state index in [4.69, 9.17) is 23.2 Å². The van der Waals surface area contributed by atoms with Gasteiger partial charge in [-0.1, -0.05) is 60.9 Å². The van der Waals surface area contributed by atoms with Gasteiger partial charge in [0.1, 0.15) is 0 Å². The number of carbonyl (C=O) groups excluding carboxylic acids is 1. The van der Waals surface area contributed by atoms with Crippen LogP contribution >= 0.6 is 34.5 Å². The van der Waals surface area contributed by atoms with Gasteiger partial charge in [-0.05, 0) is 42.8 Å². The highest BCUT2D eigenvalue weighted by Crippen LogP contribution is 2.29. The van der Waals surface area contributed by atoms with Crippen molar-refractivity contribution in [3.63, 3.8) is 0 Å². The molecule has 0 atom stereocenters. The highest BCUT2D eigenvalue weighted by molar-refractivity contribution is 7.89. The summed E-state index contributed by atoms with van der Waals surface area (Å²) in [7, 11) is -3.61. The second-order valence-electron chi connectivity index (χ2n) is 7.31. The molecule has 0 N–H and O–H groups in total. The zero-order valence-corrected chi connectivity index (χ0v) is 21.6. The highest BCUT2D eigenvalue weighted by atomic mass is 35.5. The number of benzene rings is 2. The van der Waals surface area contributed by atoms with E-state index >= 15 is 0 Å². The maximum absolute atomic E-state index is 12.9. The monoisotopic (exact) mass is 525 g/mol. The van der Waals surface area contributed by atoms with Crippen molar-refractivity contribution in [3.05, 3.63) is 69.5 Å². The first-order valence-corrected chi connectivity index (χ1v) is 13.5. The van der Waals surface area contributed by atoms with E-state index in [0.717, 1.165) is 23.1 Å². The third-order valence-corrected chi connectivity index (χ3v) is 8.58. The zero-order chi connectivity index (χ0) is 24.2. The third kappa shape index (κ3) is 5.58. The number of rotatable bonds is 9. The molecule has 0 bridgehead atoms. The van der Waals surface area contributed by atoms with Crippen LogP contribution in [0.1, 0.15) is 37.0 Å². The lowest BCUT2D eigenvalue weighted by atomic mass is 10.2. The minimum absolute atomic E-state index is 0.155. The number of unbranched alkanes of at least 4 members (excludes halogenated alkanes) is 1. The molecular formula is C23H25Cl2N3O3S2. The highest BCUT2D eigenvalue weighted by Gasteiger charge is 2.22. The predicted octanol–water partition coefficient (Wildman–Crippen LogP) is 5.75. The summed E-state index contributed by atoms with van der Waals surface area (Å²) in [5.41, 5.74) is 1.02. The Morgan fingerprint density at radius 2 is 1.91 bits per heavy atom. The van der Waals surface area contributed by atoms with Crippen LogP contribution in [0, 0.1) is 0 Å². The van der Waals surface area contributed by atoms with Gasteiger partial charge in [-0.15, -0.1) is 6.58 Å². The van der Waals surface area contributed by atoms with Crippen LogP contribution in [0.2, 0.25) is 10.0 Å². The smallest absolute Gasteiger partial charge is 0.279 e. The van der Waals surface area contributed by atoms with Crippen LogP contribution < -0.4 is 4.80 Å². The standard InChI is InChI=1S/C23H25Cl2N3O3S2/c1-4-7-13-27(6-3)33(30,31)18-10-8-16(9-11-18)22(29)26-23-28(12-5-2)21-19(25)14-17(24)15-20(21)32-23/h5,8-11,14-15H,2,4,6-7,12-13H2,1,3H3. The van der Waals surface area contributed by atoms with Crippen molar-refractivity contribution in [2.24, 2.45) is 4.99 Å². The number of hydrogen-bond donors (Lipinski definition) is 0. The van der Waals surface area contributed by atoms with Crippen LogP contribution in [0.4, 0.5) is 0 Å². The van der Waals surface area contributed by atoms with Crippen LogP contribution in [0.3, 0.4) is 0 Å². The summed E-state index contributed by atoms with van der Waals surface area (Å²) in [6.45, 7) is 8.86. The molecule has 0 aliphatic heterocycles. The minimum atomic E-state index is -3.61. The second-order valence-corrected chi connectivity index (χ2v) is 11.1. The number of hydrogen-bond acceptors (Lipinski definition) is 4. The average molecular weight is 527 g/mol. The molecule has 0 fully saturated rings. The van der Waals surface area contributed by atoms with E-state index in [1.54, 1.807) is 22.8 Å². The van der Waals surface area contributed by atoms with E-state index in [2.05, 4.69) is 11.6 Å². The summed E-state index contributed by atoms with van der Waals surface area (Å²) in [6, 6.07) is 9.29. The molecule has 1 aromatic heterocycles. The Labute approximate surface area is 207 Å². The molecule has 0 spiro atoms. The van der Waals surface area contributed by atoms with Gasteiger partial charge in [0.05, 0.1) is 20.1 Å². The molecule has 0 radical (unpaired) electrons. The van der Waals surface area contributed by atoms with E-state index in [9.17, 15) is 13.2 Å². The molecule has 176 valence electrons. The van der Waals surface area contributed by atoms with E-state index in [1.807, 2.05) is 13.8 Å². The number of thiazole rings is 1. The molecule has 0 aliphatic rings. The lowest BCUT2D eigenvalue weighted by Gasteiger charge is -2.20. The van der Waals surface area contributed by atoms with E-state index < -0.39 is 15.9 Å². The molecule has 2 aromatic carbocycles. The van der Waals surface area contributed by atoms with Gasteiger partial charge in [-0.25, -0.2) is 8.42 Å². The first-order chi connectivity index (χ1) is 15.7. The third-order valence-electron chi connectivity index (χ3n) is 5.06. The topological polar surface area (TPSA) is 71.7 Å². The summed E-state index contributed by atoms with van der Waals surface area (Å²) in [4.78, 5) is 17.8. The summed E-state index contributed by atoms with van der Waals surface area (Å²) < 4.78 is 29.8. The molecule has 3 rings (SSSR count). The Bertz CT molecular complexity index is 1340. The number of sulfonamides is 1. The number of amides is 1.